The third-order valence-electron chi connectivity index (χ3n) is 4.26. The van der Waals surface area contributed by atoms with Crippen LogP contribution in [0.3, 0.4) is 0 Å². The lowest BCUT2D eigenvalue weighted by Gasteiger charge is -2.34. The van der Waals surface area contributed by atoms with Crippen molar-refractivity contribution in [3.05, 3.63) is 47.0 Å². The van der Waals surface area contributed by atoms with Crippen molar-refractivity contribution in [1.82, 2.24) is 0 Å². The third-order valence-corrected chi connectivity index (χ3v) is 5.76. The van der Waals surface area contributed by atoms with E-state index in [0.29, 0.717) is 28.8 Å². The Morgan fingerprint density at radius 2 is 2.00 bits per heavy atom. The largest absolute Gasteiger partial charge is 0.479 e. The summed E-state index contributed by atoms with van der Waals surface area (Å²) < 4.78 is 12.2. The van der Waals surface area contributed by atoms with Gasteiger partial charge >= 0.3 is 12.0 Å². The first-order chi connectivity index (χ1) is 13.3. The van der Waals surface area contributed by atoms with E-state index in [4.69, 9.17) is 21.1 Å². The molecule has 0 radical (unpaired) electrons. The number of aryl methyl sites for hydroxylation is 1. The van der Waals surface area contributed by atoms with Crippen molar-refractivity contribution in [2.75, 3.05) is 22.9 Å². The van der Waals surface area contributed by atoms with Crippen molar-refractivity contribution in [2.45, 2.75) is 31.8 Å². The molecule has 1 aliphatic heterocycles. The lowest BCUT2D eigenvalue weighted by Crippen LogP contribution is -2.40. The lowest BCUT2D eigenvalue weighted by molar-refractivity contribution is -0.150. The molecule has 2 amide bonds. The number of esters is 1. The van der Waals surface area contributed by atoms with Gasteiger partial charge in [-0.15, -0.1) is 0 Å². The second kappa shape index (κ2) is 8.32. The maximum absolute atomic E-state index is 12.9. The molecule has 0 N–H and O–H groups in total. The van der Waals surface area contributed by atoms with E-state index in [0.717, 1.165) is 10.5 Å². The predicted octanol–water partition coefficient (Wildman–Crippen LogP) is 5.06. The molecule has 1 aliphatic rings. The van der Waals surface area contributed by atoms with Crippen LogP contribution in [0, 0.1) is 6.92 Å². The maximum Gasteiger partial charge on any atom is 0.347 e. The molecule has 0 aromatic heterocycles. The number of hydrogen-bond acceptors (Lipinski definition) is 5. The van der Waals surface area contributed by atoms with E-state index >= 15 is 0 Å². The van der Waals surface area contributed by atoms with Gasteiger partial charge in [-0.2, -0.15) is 0 Å². The highest BCUT2D eigenvalue weighted by Gasteiger charge is 2.31. The molecule has 1 heterocycles. The number of carbonyl (C=O) groups is 2. The fourth-order valence-corrected chi connectivity index (χ4v) is 3.88. The van der Waals surface area contributed by atoms with E-state index in [-0.39, 0.29) is 6.03 Å². The summed E-state index contributed by atoms with van der Waals surface area (Å²) in [5.41, 5.74) is 2.36. The molecule has 28 heavy (non-hydrogen) atoms. The Morgan fingerprint density at radius 3 is 2.68 bits per heavy atom. The van der Waals surface area contributed by atoms with Crippen molar-refractivity contribution in [2.24, 2.45) is 0 Å². The van der Waals surface area contributed by atoms with Crippen molar-refractivity contribution >= 4 is 46.9 Å². The Bertz CT molecular complexity index is 921. The second-order valence-corrected chi connectivity index (χ2v) is 7.70. The highest BCUT2D eigenvalue weighted by atomic mass is 35.5. The molecule has 1 atom stereocenters. The highest BCUT2D eigenvalue weighted by Crippen LogP contribution is 2.43. The number of urea groups is 1. The molecule has 2 aromatic carbocycles. The molecular weight excluding hydrogens is 400 g/mol. The van der Waals surface area contributed by atoms with Crippen LogP contribution in [0.1, 0.15) is 19.4 Å². The zero-order chi connectivity index (χ0) is 20.4. The summed E-state index contributed by atoms with van der Waals surface area (Å²) in [6.45, 7) is 5.58. The molecule has 0 spiro atoms. The summed E-state index contributed by atoms with van der Waals surface area (Å²) in [4.78, 5) is 27.1. The normalized spacial score (nSPS) is 14.5. The number of hydrogen-bond donors (Lipinski definition) is 0. The maximum atomic E-state index is 12.9. The quantitative estimate of drug-likeness (QED) is 0.499. The molecule has 0 saturated carbocycles. The van der Waals surface area contributed by atoms with Gasteiger partial charge in [-0.25, -0.2) is 13.9 Å². The molecule has 0 aliphatic carbocycles. The molecule has 0 unspecified atom stereocenters. The van der Waals surface area contributed by atoms with Crippen molar-refractivity contribution < 1.29 is 19.1 Å². The molecule has 148 valence electrons. The average Bonchev–Trinajstić information content (AvgIpc) is 2.67. The minimum absolute atomic E-state index is 0.201. The Kier molecular flexibility index (Phi) is 6.05. The Balaban J connectivity index is 1.84. The van der Waals surface area contributed by atoms with Gasteiger partial charge < -0.3 is 9.47 Å². The van der Waals surface area contributed by atoms with Gasteiger partial charge in [0.25, 0.3) is 0 Å². The minimum Gasteiger partial charge on any atom is -0.479 e. The number of nitrogens with zero attached hydrogens (tertiary/aromatic N) is 2. The molecule has 2 aromatic rings. The topological polar surface area (TPSA) is 59.1 Å². The first-order valence-corrected chi connectivity index (χ1v) is 9.96. The number of benzene rings is 2. The third kappa shape index (κ3) is 4.05. The Morgan fingerprint density at radius 1 is 1.25 bits per heavy atom. The van der Waals surface area contributed by atoms with E-state index in [1.165, 1.54) is 11.9 Å². The summed E-state index contributed by atoms with van der Waals surface area (Å²) in [7, 11) is 1.70. The van der Waals surface area contributed by atoms with E-state index in [1.54, 1.807) is 48.3 Å². The van der Waals surface area contributed by atoms with Crippen molar-refractivity contribution in [1.29, 1.82) is 0 Å². The predicted molar refractivity (Wildman–Crippen MR) is 111 cm³/mol. The fourth-order valence-electron chi connectivity index (χ4n) is 2.67. The van der Waals surface area contributed by atoms with E-state index < -0.39 is 12.1 Å². The summed E-state index contributed by atoms with van der Waals surface area (Å²) in [5, 5.41) is 0.607. The minimum atomic E-state index is -0.735. The monoisotopic (exact) mass is 420 g/mol. The van der Waals surface area contributed by atoms with Gasteiger partial charge in [-0.3, -0.25) is 4.90 Å². The fraction of sp³-hybridized carbons (Fsp3) is 0.300. The van der Waals surface area contributed by atoms with Crippen molar-refractivity contribution in [3.63, 3.8) is 0 Å². The van der Waals surface area contributed by atoms with Gasteiger partial charge in [-0.05, 0) is 62.5 Å². The van der Waals surface area contributed by atoms with Gasteiger partial charge in [0.1, 0.15) is 5.75 Å². The van der Waals surface area contributed by atoms with Crippen LogP contribution in [0.4, 0.5) is 16.2 Å². The van der Waals surface area contributed by atoms with Gasteiger partial charge in [0.05, 0.1) is 22.9 Å². The zero-order valence-electron chi connectivity index (χ0n) is 16.1. The number of carbonyl (C=O) groups excluding carboxylic acids is 2. The van der Waals surface area contributed by atoms with Gasteiger partial charge in [0, 0.05) is 18.1 Å². The number of anilines is 2. The standard InChI is InChI=1S/C20H21ClN2O4S/c1-5-26-19(24)13(3)27-15-8-9-18-17(11-15)22(4)20(25)23(28-18)14-7-6-12(2)16(21)10-14/h6-11,13H,5H2,1-4H3/t13-/m1/s1. The highest BCUT2D eigenvalue weighted by molar-refractivity contribution is 8.01. The molecular formula is C20H21ClN2O4S. The summed E-state index contributed by atoms with van der Waals surface area (Å²) in [5.74, 6) is 0.0628. The van der Waals surface area contributed by atoms with Gasteiger partial charge in [0.15, 0.2) is 6.10 Å². The van der Waals surface area contributed by atoms with Crippen LogP contribution in [0.15, 0.2) is 41.3 Å². The van der Waals surface area contributed by atoms with E-state index in [9.17, 15) is 9.59 Å². The van der Waals surface area contributed by atoms with Crippen LogP contribution >= 0.6 is 23.5 Å². The molecule has 0 bridgehead atoms. The number of halogens is 1. The lowest BCUT2D eigenvalue weighted by atomic mass is 10.2. The Hall–Kier alpha value is -2.38. The first kappa shape index (κ1) is 20.4. The molecule has 3 rings (SSSR count). The van der Waals surface area contributed by atoms with E-state index in [2.05, 4.69) is 0 Å². The van der Waals surface area contributed by atoms with E-state index in [1.807, 2.05) is 25.1 Å². The Labute approximate surface area is 173 Å². The average molecular weight is 421 g/mol. The van der Waals surface area contributed by atoms with Crippen LogP contribution in [-0.2, 0) is 9.53 Å². The van der Waals surface area contributed by atoms with Crippen molar-refractivity contribution in [3.8, 4) is 5.75 Å². The number of ether oxygens (including phenoxy) is 2. The van der Waals surface area contributed by atoms with Gasteiger partial charge in [-0.1, -0.05) is 17.7 Å². The van der Waals surface area contributed by atoms with Crippen LogP contribution in [0.5, 0.6) is 5.75 Å². The van der Waals surface area contributed by atoms with Crippen LogP contribution in [0.25, 0.3) is 0 Å². The second-order valence-electron chi connectivity index (χ2n) is 6.30. The smallest absolute Gasteiger partial charge is 0.347 e. The van der Waals surface area contributed by atoms with Crippen LogP contribution in [-0.4, -0.2) is 31.8 Å². The summed E-state index contributed by atoms with van der Waals surface area (Å²) >= 11 is 7.53. The number of rotatable bonds is 5. The summed E-state index contributed by atoms with van der Waals surface area (Å²) in [6.07, 6.45) is -0.735. The molecule has 8 heteroatoms. The molecule has 6 nitrogen and oxygen atoms in total. The van der Waals surface area contributed by atoms with Gasteiger partial charge in [0.2, 0.25) is 0 Å². The SMILES string of the molecule is CCOC(=O)[C@@H](C)Oc1ccc2c(c1)N(C)C(=O)N(c1ccc(C)c(Cl)c1)S2. The molecule has 0 fully saturated rings. The van der Waals surface area contributed by atoms with Crippen LogP contribution < -0.4 is 13.9 Å². The number of amides is 2. The first-order valence-electron chi connectivity index (χ1n) is 8.81. The summed E-state index contributed by atoms with van der Waals surface area (Å²) in [6, 6.07) is 10.7. The molecule has 0 saturated heterocycles. The zero-order valence-corrected chi connectivity index (χ0v) is 17.6. The van der Waals surface area contributed by atoms with Crippen LogP contribution in [0.2, 0.25) is 5.02 Å². The number of fused-ring (bicyclic) bond motifs is 1.